The predicted molar refractivity (Wildman–Crippen MR) is 74.7 cm³/mol. The Morgan fingerprint density at radius 1 is 1.50 bits per heavy atom. The minimum atomic E-state index is -0.309. The van der Waals surface area contributed by atoms with Crippen molar-refractivity contribution in [2.75, 3.05) is 6.26 Å². The summed E-state index contributed by atoms with van der Waals surface area (Å²) in [5.74, 6) is 1.46. The normalized spacial score (nSPS) is 19.8. The Hall–Kier alpha value is -0.550. The van der Waals surface area contributed by atoms with E-state index in [1.54, 1.807) is 18.1 Å². The Kier molecular flexibility index (Phi) is 4.33. The second-order valence-electron chi connectivity index (χ2n) is 5.59. The Labute approximate surface area is 113 Å². The summed E-state index contributed by atoms with van der Waals surface area (Å²) in [6, 6.07) is 0. The summed E-state index contributed by atoms with van der Waals surface area (Å²) in [7, 11) is 0. The molecule has 1 saturated carbocycles. The molecule has 0 radical (unpaired) electrons. The number of aromatic nitrogens is 3. The quantitative estimate of drug-likeness (QED) is 0.859. The van der Waals surface area contributed by atoms with E-state index in [0.717, 1.165) is 25.2 Å². The molecule has 1 aromatic heterocycles. The monoisotopic (exact) mass is 269 g/mol. The van der Waals surface area contributed by atoms with Crippen LogP contribution in [0.1, 0.15) is 38.9 Å². The smallest absolute Gasteiger partial charge is 0.138 e. The van der Waals surface area contributed by atoms with Gasteiger partial charge < -0.3 is 5.11 Å². The van der Waals surface area contributed by atoms with Gasteiger partial charge in [0.2, 0.25) is 0 Å². The van der Waals surface area contributed by atoms with Crippen LogP contribution in [0.3, 0.4) is 0 Å². The van der Waals surface area contributed by atoms with Crippen LogP contribution < -0.4 is 0 Å². The standard InChI is InChI=1S/C13H23N3OS/c1-10(2)8-16-12(14-9-15-16)7-11(17)13(18-3)5-4-6-13/h9-11,17H,4-8H2,1-3H3. The van der Waals surface area contributed by atoms with Gasteiger partial charge in [0.05, 0.1) is 6.10 Å². The number of nitrogens with zero attached hydrogens (tertiary/aromatic N) is 3. The fourth-order valence-electron chi connectivity index (χ4n) is 2.50. The Bertz CT molecular complexity index is 382. The fourth-order valence-corrected chi connectivity index (χ4v) is 3.55. The molecule has 1 atom stereocenters. The van der Waals surface area contributed by atoms with E-state index in [1.807, 2.05) is 4.68 Å². The third-order valence-electron chi connectivity index (χ3n) is 3.82. The topological polar surface area (TPSA) is 50.9 Å². The molecule has 0 bridgehead atoms. The van der Waals surface area contributed by atoms with Crippen molar-refractivity contribution in [3.05, 3.63) is 12.2 Å². The average Bonchev–Trinajstić information content (AvgIpc) is 2.64. The second kappa shape index (κ2) is 5.61. The molecule has 1 heterocycles. The van der Waals surface area contributed by atoms with E-state index in [0.29, 0.717) is 12.3 Å². The molecule has 4 nitrogen and oxygen atoms in total. The van der Waals surface area contributed by atoms with Crippen LogP contribution in [0, 0.1) is 5.92 Å². The van der Waals surface area contributed by atoms with E-state index in [2.05, 4.69) is 30.2 Å². The lowest BCUT2D eigenvalue weighted by atomic mass is 9.78. The van der Waals surface area contributed by atoms with Crippen LogP contribution in [0.25, 0.3) is 0 Å². The summed E-state index contributed by atoms with van der Waals surface area (Å²) in [6.45, 7) is 5.20. The molecule has 0 amide bonds. The van der Waals surface area contributed by atoms with Gasteiger partial charge in [-0.3, -0.25) is 0 Å². The zero-order valence-corrected chi connectivity index (χ0v) is 12.3. The van der Waals surface area contributed by atoms with E-state index in [4.69, 9.17) is 0 Å². The second-order valence-corrected chi connectivity index (χ2v) is 6.82. The SMILES string of the molecule is CSC1(C(O)Cc2ncnn2CC(C)C)CCC1. The van der Waals surface area contributed by atoms with Gasteiger partial charge in [0.25, 0.3) is 0 Å². The molecule has 0 spiro atoms. The molecule has 0 aliphatic heterocycles. The molecule has 1 fully saturated rings. The number of hydrogen-bond acceptors (Lipinski definition) is 4. The molecular formula is C13H23N3OS. The molecule has 5 heteroatoms. The van der Waals surface area contributed by atoms with Crippen LogP contribution >= 0.6 is 11.8 Å². The van der Waals surface area contributed by atoms with Gasteiger partial charge in [-0.15, -0.1) is 0 Å². The molecule has 0 saturated heterocycles. The number of aliphatic hydroxyl groups is 1. The van der Waals surface area contributed by atoms with Gasteiger partial charge >= 0.3 is 0 Å². The predicted octanol–water partition coefficient (Wildman–Crippen LogP) is 2.12. The van der Waals surface area contributed by atoms with Gasteiger partial charge in [0.15, 0.2) is 0 Å². The highest BCUT2D eigenvalue weighted by Crippen LogP contribution is 2.46. The minimum absolute atomic E-state index is 0.0641. The van der Waals surface area contributed by atoms with E-state index < -0.39 is 0 Å². The maximum Gasteiger partial charge on any atom is 0.138 e. The van der Waals surface area contributed by atoms with Crippen molar-refractivity contribution >= 4 is 11.8 Å². The molecule has 1 unspecified atom stereocenters. The van der Waals surface area contributed by atoms with Crippen LogP contribution in [-0.2, 0) is 13.0 Å². The molecule has 1 aliphatic rings. The zero-order valence-electron chi connectivity index (χ0n) is 11.5. The third-order valence-corrected chi connectivity index (χ3v) is 5.32. The van der Waals surface area contributed by atoms with Crippen molar-refractivity contribution in [3.63, 3.8) is 0 Å². The molecule has 1 N–H and O–H groups in total. The van der Waals surface area contributed by atoms with Crippen molar-refractivity contribution in [2.24, 2.45) is 5.92 Å². The molecule has 102 valence electrons. The molecule has 0 aromatic carbocycles. The zero-order chi connectivity index (χ0) is 13.2. The first-order valence-corrected chi connectivity index (χ1v) is 7.90. The van der Waals surface area contributed by atoms with Crippen molar-refractivity contribution in [3.8, 4) is 0 Å². The van der Waals surface area contributed by atoms with Gasteiger partial charge in [0, 0.05) is 17.7 Å². The van der Waals surface area contributed by atoms with E-state index in [9.17, 15) is 5.11 Å². The molecule has 18 heavy (non-hydrogen) atoms. The van der Waals surface area contributed by atoms with E-state index in [-0.39, 0.29) is 10.9 Å². The van der Waals surface area contributed by atoms with Crippen molar-refractivity contribution in [1.29, 1.82) is 0 Å². The highest BCUT2D eigenvalue weighted by molar-refractivity contribution is 8.00. The number of hydrogen-bond donors (Lipinski definition) is 1. The van der Waals surface area contributed by atoms with Crippen LogP contribution in [0.15, 0.2) is 6.33 Å². The van der Waals surface area contributed by atoms with Crippen LogP contribution in [0.5, 0.6) is 0 Å². The lowest BCUT2D eigenvalue weighted by molar-refractivity contribution is 0.0848. The summed E-state index contributed by atoms with van der Waals surface area (Å²) in [6.07, 6.45) is 7.47. The summed E-state index contributed by atoms with van der Waals surface area (Å²) in [5.41, 5.74) is 0. The van der Waals surface area contributed by atoms with Crippen molar-refractivity contribution < 1.29 is 5.11 Å². The number of thioether (sulfide) groups is 1. The lowest BCUT2D eigenvalue weighted by Gasteiger charge is -2.44. The largest absolute Gasteiger partial charge is 0.391 e. The number of rotatable bonds is 6. The highest BCUT2D eigenvalue weighted by Gasteiger charge is 2.43. The van der Waals surface area contributed by atoms with Crippen LogP contribution in [0.2, 0.25) is 0 Å². The molecule has 2 rings (SSSR count). The summed E-state index contributed by atoms with van der Waals surface area (Å²) in [4.78, 5) is 4.30. The van der Waals surface area contributed by atoms with Gasteiger partial charge in [-0.2, -0.15) is 16.9 Å². The summed E-state index contributed by atoms with van der Waals surface area (Å²) >= 11 is 1.80. The first-order valence-electron chi connectivity index (χ1n) is 6.67. The highest BCUT2D eigenvalue weighted by atomic mass is 32.2. The Balaban J connectivity index is 2.02. The van der Waals surface area contributed by atoms with E-state index in [1.165, 1.54) is 6.42 Å². The third kappa shape index (κ3) is 2.72. The maximum atomic E-state index is 10.4. The molecule has 1 aliphatic carbocycles. The molecule has 1 aromatic rings. The maximum absolute atomic E-state index is 10.4. The van der Waals surface area contributed by atoms with Gasteiger partial charge in [-0.05, 0) is 25.0 Å². The van der Waals surface area contributed by atoms with Crippen molar-refractivity contribution in [2.45, 2.75) is 56.9 Å². The van der Waals surface area contributed by atoms with Gasteiger partial charge in [-0.25, -0.2) is 9.67 Å². The van der Waals surface area contributed by atoms with Crippen LogP contribution in [-0.4, -0.2) is 37.0 Å². The first-order chi connectivity index (χ1) is 8.57. The first kappa shape index (κ1) is 13.9. The Morgan fingerprint density at radius 2 is 2.22 bits per heavy atom. The minimum Gasteiger partial charge on any atom is -0.391 e. The van der Waals surface area contributed by atoms with Crippen LogP contribution in [0.4, 0.5) is 0 Å². The summed E-state index contributed by atoms with van der Waals surface area (Å²) < 4.78 is 2.00. The fraction of sp³-hybridized carbons (Fsp3) is 0.846. The van der Waals surface area contributed by atoms with Crippen molar-refractivity contribution in [1.82, 2.24) is 14.8 Å². The lowest BCUT2D eigenvalue weighted by Crippen LogP contribution is -2.46. The molecular weight excluding hydrogens is 246 g/mol. The average molecular weight is 269 g/mol. The van der Waals surface area contributed by atoms with Gasteiger partial charge in [-0.1, -0.05) is 20.3 Å². The Morgan fingerprint density at radius 3 is 2.72 bits per heavy atom. The van der Waals surface area contributed by atoms with E-state index >= 15 is 0 Å². The number of aliphatic hydroxyl groups excluding tert-OH is 1. The van der Waals surface area contributed by atoms with Gasteiger partial charge in [0.1, 0.15) is 12.2 Å². The summed E-state index contributed by atoms with van der Waals surface area (Å²) in [5, 5.41) is 14.7.